The van der Waals surface area contributed by atoms with E-state index in [0.717, 1.165) is 3.57 Å². The molecule has 1 heterocycles. The largest absolute Gasteiger partial charge is 0.383 e. The van der Waals surface area contributed by atoms with Gasteiger partial charge in [-0.2, -0.15) is 5.10 Å². The van der Waals surface area contributed by atoms with Crippen molar-refractivity contribution >= 4 is 40.0 Å². The molecular formula is C13H12ClIN2O2. The van der Waals surface area contributed by atoms with Gasteiger partial charge in [-0.15, -0.1) is 0 Å². The fraction of sp³-hybridized carbons (Fsp3) is 0.231. The topological polar surface area (TPSA) is 44.1 Å². The zero-order chi connectivity index (χ0) is 13.8. The van der Waals surface area contributed by atoms with Crippen molar-refractivity contribution < 1.29 is 9.53 Å². The van der Waals surface area contributed by atoms with E-state index >= 15 is 0 Å². The molecule has 1 aromatic heterocycles. The number of ether oxygens (including phenoxy) is 1. The molecule has 0 aliphatic rings. The van der Waals surface area contributed by atoms with Crippen LogP contribution in [0.5, 0.6) is 0 Å². The molecule has 0 aliphatic carbocycles. The van der Waals surface area contributed by atoms with Crippen LogP contribution in [0.25, 0.3) is 0 Å². The van der Waals surface area contributed by atoms with E-state index in [1.54, 1.807) is 17.9 Å². The van der Waals surface area contributed by atoms with E-state index in [1.165, 1.54) is 6.20 Å². The number of halogens is 2. The van der Waals surface area contributed by atoms with Gasteiger partial charge in [-0.1, -0.05) is 23.7 Å². The highest BCUT2D eigenvalue weighted by Crippen LogP contribution is 2.22. The molecule has 0 N–H and O–H groups in total. The summed E-state index contributed by atoms with van der Waals surface area (Å²) in [5.41, 5.74) is 1.03. The minimum atomic E-state index is -0.122. The van der Waals surface area contributed by atoms with E-state index in [1.807, 2.05) is 18.2 Å². The molecule has 4 nitrogen and oxygen atoms in total. The second kappa shape index (κ2) is 6.49. The lowest BCUT2D eigenvalue weighted by atomic mass is 10.1. The molecule has 2 rings (SSSR count). The molecule has 0 saturated heterocycles. The number of aromatic nitrogens is 2. The van der Waals surface area contributed by atoms with E-state index in [4.69, 9.17) is 16.3 Å². The lowest BCUT2D eigenvalue weighted by Crippen LogP contribution is -2.15. The summed E-state index contributed by atoms with van der Waals surface area (Å²) >= 11 is 8.21. The number of rotatable bonds is 5. The smallest absolute Gasteiger partial charge is 0.213 e. The van der Waals surface area contributed by atoms with Crippen molar-refractivity contribution in [3.05, 3.63) is 50.3 Å². The van der Waals surface area contributed by atoms with E-state index in [-0.39, 0.29) is 5.78 Å². The van der Waals surface area contributed by atoms with Crippen LogP contribution in [0.1, 0.15) is 16.1 Å². The van der Waals surface area contributed by atoms with Crippen molar-refractivity contribution in [2.45, 2.75) is 6.54 Å². The van der Waals surface area contributed by atoms with Crippen LogP contribution in [0.4, 0.5) is 0 Å². The number of ketones is 1. The van der Waals surface area contributed by atoms with Crippen molar-refractivity contribution in [1.29, 1.82) is 0 Å². The normalized spacial score (nSPS) is 10.7. The first-order valence-corrected chi connectivity index (χ1v) is 7.10. The molecule has 2 aromatic rings. The number of methoxy groups -OCH3 is 1. The molecule has 0 unspecified atom stereocenters. The maximum atomic E-state index is 12.5. The zero-order valence-electron chi connectivity index (χ0n) is 10.3. The average molecular weight is 391 g/mol. The third kappa shape index (κ3) is 3.16. The summed E-state index contributed by atoms with van der Waals surface area (Å²) in [5.74, 6) is -0.122. The van der Waals surface area contributed by atoms with Crippen LogP contribution in [0, 0.1) is 3.57 Å². The molecule has 0 saturated carbocycles. The Bertz CT molecular complexity index is 598. The Labute approximate surface area is 129 Å². The summed E-state index contributed by atoms with van der Waals surface area (Å²) < 4.78 is 7.47. The standard InChI is InChI=1S/C13H12ClIN2O2/c1-19-7-6-17-12(10(14)8-16-17)13(18)9-4-2-3-5-11(9)15/h2-5,8H,6-7H2,1H3. The van der Waals surface area contributed by atoms with Gasteiger partial charge in [-0.25, -0.2) is 0 Å². The van der Waals surface area contributed by atoms with Crippen molar-refractivity contribution in [3.8, 4) is 0 Å². The van der Waals surface area contributed by atoms with Gasteiger partial charge in [-0.05, 0) is 34.7 Å². The van der Waals surface area contributed by atoms with Gasteiger partial charge in [0.2, 0.25) is 5.78 Å². The maximum Gasteiger partial charge on any atom is 0.213 e. The molecule has 1 aromatic carbocycles. The highest BCUT2D eigenvalue weighted by molar-refractivity contribution is 14.1. The second-order valence-corrected chi connectivity index (χ2v) is 5.44. The SMILES string of the molecule is COCCn1ncc(Cl)c1C(=O)c1ccccc1I. The minimum Gasteiger partial charge on any atom is -0.383 e. The van der Waals surface area contributed by atoms with E-state index in [2.05, 4.69) is 27.7 Å². The first-order chi connectivity index (χ1) is 9.15. The van der Waals surface area contributed by atoms with Crippen molar-refractivity contribution in [1.82, 2.24) is 9.78 Å². The third-order valence-electron chi connectivity index (χ3n) is 2.64. The van der Waals surface area contributed by atoms with Crippen LogP contribution >= 0.6 is 34.2 Å². The number of hydrogen-bond donors (Lipinski definition) is 0. The lowest BCUT2D eigenvalue weighted by Gasteiger charge is -2.08. The molecule has 19 heavy (non-hydrogen) atoms. The van der Waals surface area contributed by atoms with Crippen molar-refractivity contribution in [2.75, 3.05) is 13.7 Å². The Balaban J connectivity index is 2.39. The van der Waals surface area contributed by atoms with Gasteiger partial charge in [0.15, 0.2) is 0 Å². The van der Waals surface area contributed by atoms with Gasteiger partial charge >= 0.3 is 0 Å². The summed E-state index contributed by atoms with van der Waals surface area (Å²) in [6.07, 6.45) is 1.49. The Morgan fingerprint density at radius 3 is 2.89 bits per heavy atom. The Morgan fingerprint density at radius 1 is 1.47 bits per heavy atom. The predicted octanol–water partition coefficient (Wildman–Crippen LogP) is 3.02. The summed E-state index contributed by atoms with van der Waals surface area (Å²) in [6, 6.07) is 7.40. The maximum absolute atomic E-state index is 12.5. The zero-order valence-corrected chi connectivity index (χ0v) is 13.2. The van der Waals surface area contributed by atoms with Crippen LogP contribution in [-0.4, -0.2) is 29.3 Å². The minimum absolute atomic E-state index is 0.122. The lowest BCUT2D eigenvalue weighted by molar-refractivity contribution is 0.102. The quantitative estimate of drug-likeness (QED) is 0.582. The van der Waals surface area contributed by atoms with Crippen molar-refractivity contribution in [2.24, 2.45) is 0 Å². The van der Waals surface area contributed by atoms with E-state index in [0.29, 0.717) is 29.4 Å². The van der Waals surface area contributed by atoms with Gasteiger partial charge < -0.3 is 4.74 Å². The average Bonchev–Trinajstić information content (AvgIpc) is 2.77. The number of nitrogens with zero attached hydrogens (tertiary/aromatic N) is 2. The highest BCUT2D eigenvalue weighted by atomic mass is 127. The molecule has 0 radical (unpaired) electrons. The second-order valence-electron chi connectivity index (χ2n) is 3.87. The third-order valence-corrected chi connectivity index (χ3v) is 3.85. The highest BCUT2D eigenvalue weighted by Gasteiger charge is 2.20. The first kappa shape index (κ1) is 14.5. The number of benzene rings is 1. The summed E-state index contributed by atoms with van der Waals surface area (Å²) in [4.78, 5) is 12.5. The van der Waals surface area contributed by atoms with Crippen LogP contribution in [0.2, 0.25) is 5.02 Å². The summed E-state index contributed by atoms with van der Waals surface area (Å²) in [7, 11) is 1.60. The van der Waals surface area contributed by atoms with E-state index < -0.39 is 0 Å². The predicted molar refractivity (Wildman–Crippen MR) is 81.7 cm³/mol. The number of carbonyl (C=O) groups is 1. The van der Waals surface area contributed by atoms with E-state index in [9.17, 15) is 4.79 Å². The molecule has 0 spiro atoms. The van der Waals surface area contributed by atoms with Gasteiger partial charge in [0.05, 0.1) is 24.4 Å². The number of hydrogen-bond acceptors (Lipinski definition) is 3. The van der Waals surface area contributed by atoms with Crippen LogP contribution in [0.3, 0.4) is 0 Å². The fourth-order valence-corrected chi connectivity index (χ4v) is 2.57. The van der Waals surface area contributed by atoms with Gasteiger partial charge in [0, 0.05) is 16.2 Å². The molecule has 0 bridgehead atoms. The van der Waals surface area contributed by atoms with Gasteiger partial charge in [-0.3, -0.25) is 9.48 Å². The van der Waals surface area contributed by atoms with Gasteiger partial charge in [0.1, 0.15) is 5.69 Å². The summed E-state index contributed by atoms with van der Waals surface area (Å²) in [5, 5.41) is 4.47. The van der Waals surface area contributed by atoms with Crippen LogP contribution in [-0.2, 0) is 11.3 Å². The molecule has 6 heteroatoms. The summed E-state index contributed by atoms with van der Waals surface area (Å²) in [6.45, 7) is 0.970. The monoisotopic (exact) mass is 390 g/mol. The molecule has 0 atom stereocenters. The fourth-order valence-electron chi connectivity index (χ4n) is 1.71. The van der Waals surface area contributed by atoms with Crippen LogP contribution < -0.4 is 0 Å². The number of carbonyl (C=O) groups excluding carboxylic acids is 1. The Hall–Kier alpha value is -0.920. The van der Waals surface area contributed by atoms with Gasteiger partial charge in [0.25, 0.3) is 0 Å². The molecule has 0 amide bonds. The van der Waals surface area contributed by atoms with Crippen molar-refractivity contribution in [3.63, 3.8) is 0 Å². The molecule has 0 fully saturated rings. The first-order valence-electron chi connectivity index (χ1n) is 5.64. The molecular weight excluding hydrogens is 379 g/mol. The molecule has 100 valence electrons. The molecule has 0 aliphatic heterocycles. The van der Waals surface area contributed by atoms with Crippen LogP contribution in [0.15, 0.2) is 30.5 Å². The Kier molecular flexibility index (Phi) is 4.95. The Morgan fingerprint density at radius 2 is 2.21 bits per heavy atom.